The number of H-pyrrole nitrogens is 1. The average molecular weight is 360 g/mol. The van der Waals surface area contributed by atoms with Gasteiger partial charge in [0.25, 0.3) is 5.56 Å². The van der Waals surface area contributed by atoms with E-state index >= 15 is 0 Å². The summed E-state index contributed by atoms with van der Waals surface area (Å²) >= 11 is 0. The minimum atomic E-state index is -1.01. The maximum absolute atomic E-state index is 12.4. The number of hydrogen-bond donors (Lipinski definition) is 2. The van der Waals surface area contributed by atoms with Crippen LogP contribution in [0.15, 0.2) is 70.2 Å². The molecular formula is C19H12N4O4. The van der Waals surface area contributed by atoms with Crippen LogP contribution < -0.4 is 5.56 Å². The quantitative estimate of drug-likeness (QED) is 0.574. The molecule has 3 heterocycles. The fraction of sp³-hybridized carbons (Fsp3) is 0. The van der Waals surface area contributed by atoms with Gasteiger partial charge in [-0.2, -0.15) is 0 Å². The number of carboxylic acid groups (broad SMARTS) is 1. The van der Waals surface area contributed by atoms with Crippen molar-refractivity contribution in [2.24, 2.45) is 0 Å². The molecule has 132 valence electrons. The molecule has 0 saturated carbocycles. The first-order valence-electron chi connectivity index (χ1n) is 7.93. The number of carboxylic acids is 1. The molecule has 0 unspecified atom stereocenters. The van der Waals surface area contributed by atoms with Crippen molar-refractivity contribution in [1.29, 1.82) is 0 Å². The Bertz CT molecular complexity index is 1160. The van der Waals surface area contributed by atoms with Crippen LogP contribution in [0.4, 0.5) is 0 Å². The number of aromatic carboxylic acids is 1. The lowest BCUT2D eigenvalue weighted by Gasteiger charge is -2.00. The van der Waals surface area contributed by atoms with Crippen LogP contribution in [-0.4, -0.2) is 31.2 Å². The number of rotatable bonds is 4. The first-order chi connectivity index (χ1) is 13.1. The van der Waals surface area contributed by atoms with Crippen molar-refractivity contribution >= 4 is 5.97 Å². The summed E-state index contributed by atoms with van der Waals surface area (Å²) in [6, 6.07) is 13.1. The Morgan fingerprint density at radius 1 is 1.04 bits per heavy atom. The van der Waals surface area contributed by atoms with E-state index in [2.05, 4.69) is 20.1 Å². The SMILES string of the molecule is O=C(O)c1ccc(-c2cc(-c3cnc(-c4ccccn4)[nH]c3=O)on2)cc1. The number of aromatic amines is 1. The number of hydrogen-bond acceptors (Lipinski definition) is 6. The van der Waals surface area contributed by atoms with Crippen molar-refractivity contribution in [3.8, 4) is 34.1 Å². The van der Waals surface area contributed by atoms with Gasteiger partial charge < -0.3 is 14.6 Å². The molecule has 0 aliphatic heterocycles. The lowest BCUT2D eigenvalue weighted by molar-refractivity contribution is 0.0697. The fourth-order valence-electron chi connectivity index (χ4n) is 2.53. The second kappa shape index (κ2) is 6.68. The minimum absolute atomic E-state index is 0.174. The van der Waals surface area contributed by atoms with Gasteiger partial charge in [0, 0.05) is 24.0 Å². The summed E-state index contributed by atoms with van der Waals surface area (Å²) in [5.74, 6) is -0.394. The zero-order valence-electron chi connectivity index (χ0n) is 13.8. The van der Waals surface area contributed by atoms with Crippen molar-refractivity contribution in [3.63, 3.8) is 0 Å². The van der Waals surface area contributed by atoms with E-state index in [4.69, 9.17) is 9.63 Å². The Hall–Kier alpha value is -4.07. The second-order valence-corrected chi connectivity index (χ2v) is 5.65. The number of benzene rings is 1. The predicted octanol–water partition coefficient (Wildman–Crippen LogP) is 2.85. The first-order valence-corrected chi connectivity index (χ1v) is 7.93. The van der Waals surface area contributed by atoms with Crippen LogP contribution in [0.2, 0.25) is 0 Å². The zero-order valence-corrected chi connectivity index (χ0v) is 13.8. The molecule has 27 heavy (non-hydrogen) atoms. The maximum Gasteiger partial charge on any atom is 0.335 e. The summed E-state index contributed by atoms with van der Waals surface area (Å²) in [4.78, 5) is 34.4. The van der Waals surface area contributed by atoms with Crippen molar-refractivity contribution in [1.82, 2.24) is 20.1 Å². The van der Waals surface area contributed by atoms with E-state index in [-0.39, 0.29) is 22.4 Å². The smallest absolute Gasteiger partial charge is 0.335 e. The number of nitrogens with zero attached hydrogens (tertiary/aromatic N) is 3. The van der Waals surface area contributed by atoms with Crippen LogP contribution >= 0.6 is 0 Å². The molecule has 0 amide bonds. The fourth-order valence-corrected chi connectivity index (χ4v) is 2.53. The van der Waals surface area contributed by atoms with Gasteiger partial charge >= 0.3 is 5.97 Å². The van der Waals surface area contributed by atoms with E-state index < -0.39 is 5.97 Å². The van der Waals surface area contributed by atoms with Gasteiger partial charge in [-0.1, -0.05) is 23.4 Å². The average Bonchev–Trinajstić information content (AvgIpc) is 3.18. The molecule has 0 aliphatic rings. The van der Waals surface area contributed by atoms with Crippen molar-refractivity contribution in [3.05, 3.63) is 76.8 Å². The minimum Gasteiger partial charge on any atom is -0.478 e. The predicted molar refractivity (Wildman–Crippen MR) is 96.0 cm³/mol. The standard InChI is InChI=1S/C19H12N4O4/c24-18-13(10-21-17(22-18)14-3-1-2-8-20-14)16-9-15(23-27-16)11-4-6-12(7-5-11)19(25)26/h1-10H,(H,25,26)(H,21,22,24). The molecule has 0 fully saturated rings. The van der Waals surface area contributed by atoms with Crippen molar-refractivity contribution in [2.45, 2.75) is 0 Å². The van der Waals surface area contributed by atoms with Gasteiger partial charge in [-0.3, -0.25) is 9.78 Å². The highest BCUT2D eigenvalue weighted by atomic mass is 16.5. The summed E-state index contributed by atoms with van der Waals surface area (Å²) < 4.78 is 5.27. The Morgan fingerprint density at radius 2 is 1.85 bits per heavy atom. The topological polar surface area (TPSA) is 122 Å². The molecule has 0 atom stereocenters. The van der Waals surface area contributed by atoms with Gasteiger partial charge in [0.15, 0.2) is 11.6 Å². The van der Waals surface area contributed by atoms with Crippen LogP contribution in [0.1, 0.15) is 10.4 Å². The Morgan fingerprint density at radius 3 is 2.52 bits per heavy atom. The van der Waals surface area contributed by atoms with Crippen LogP contribution in [-0.2, 0) is 0 Å². The van der Waals surface area contributed by atoms with E-state index in [1.54, 1.807) is 42.6 Å². The van der Waals surface area contributed by atoms with Crippen LogP contribution in [0, 0.1) is 0 Å². The summed E-state index contributed by atoms with van der Waals surface area (Å²) in [6.45, 7) is 0. The number of aromatic nitrogens is 4. The Labute approximate surface area is 152 Å². The number of nitrogens with one attached hydrogen (secondary N) is 1. The largest absolute Gasteiger partial charge is 0.478 e. The van der Waals surface area contributed by atoms with E-state index in [1.807, 2.05) is 0 Å². The monoisotopic (exact) mass is 360 g/mol. The molecule has 4 rings (SSSR count). The van der Waals surface area contributed by atoms with Gasteiger partial charge in [0.05, 0.1) is 5.56 Å². The molecule has 0 aliphatic carbocycles. The molecule has 2 N–H and O–H groups in total. The maximum atomic E-state index is 12.4. The molecule has 3 aromatic heterocycles. The molecule has 0 bridgehead atoms. The Kier molecular flexibility index (Phi) is 4.06. The summed E-state index contributed by atoms with van der Waals surface area (Å²) in [5, 5.41) is 12.9. The van der Waals surface area contributed by atoms with Gasteiger partial charge in [-0.15, -0.1) is 0 Å². The van der Waals surface area contributed by atoms with E-state index in [0.29, 0.717) is 22.8 Å². The zero-order chi connectivity index (χ0) is 18.8. The normalized spacial score (nSPS) is 10.7. The third-order valence-corrected chi connectivity index (χ3v) is 3.91. The summed E-state index contributed by atoms with van der Waals surface area (Å²) in [5.41, 5.74) is 1.73. The molecule has 8 nitrogen and oxygen atoms in total. The number of pyridine rings is 1. The second-order valence-electron chi connectivity index (χ2n) is 5.65. The van der Waals surface area contributed by atoms with Crippen LogP contribution in [0.5, 0.6) is 0 Å². The van der Waals surface area contributed by atoms with Gasteiger partial charge in [0.2, 0.25) is 0 Å². The summed E-state index contributed by atoms with van der Waals surface area (Å²) in [7, 11) is 0. The third kappa shape index (κ3) is 3.23. The van der Waals surface area contributed by atoms with E-state index in [0.717, 1.165) is 0 Å². The number of carbonyl (C=O) groups is 1. The molecular weight excluding hydrogens is 348 g/mol. The van der Waals surface area contributed by atoms with E-state index in [1.165, 1.54) is 18.3 Å². The van der Waals surface area contributed by atoms with Crippen molar-refractivity contribution in [2.75, 3.05) is 0 Å². The Balaban J connectivity index is 1.65. The lowest BCUT2D eigenvalue weighted by atomic mass is 10.1. The molecule has 0 saturated heterocycles. The molecule has 1 aromatic carbocycles. The third-order valence-electron chi connectivity index (χ3n) is 3.91. The highest BCUT2D eigenvalue weighted by Gasteiger charge is 2.14. The van der Waals surface area contributed by atoms with E-state index in [9.17, 15) is 9.59 Å². The lowest BCUT2D eigenvalue weighted by Crippen LogP contribution is -2.11. The molecule has 0 radical (unpaired) electrons. The summed E-state index contributed by atoms with van der Waals surface area (Å²) in [6.07, 6.45) is 3.02. The van der Waals surface area contributed by atoms with Crippen LogP contribution in [0.25, 0.3) is 34.1 Å². The highest BCUT2D eigenvalue weighted by molar-refractivity contribution is 5.88. The molecule has 0 spiro atoms. The molecule has 4 aromatic rings. The van der Waals surface area contributed by atoms with Gasteiger partial charge in [-0.05, 0) is 24.3 Å². The first kappa shape index (κ1) is 16.4. The highest BCUT2D eigenvalue weighted by Crippen LogP contribution is 2.24. The van der Waals surface area contributed by atoms with Crippen molar-refractivity contribution < 1.29 is 14.4 Å². The molecule has 8 heteroatoms. The van der Waals surface area contributed by atoms with Crippen LogP contribution in [0.3, 0.4) is 0 Å². The van der Waals surface area contributed by atoms with Gasteiger partial charge in [-0.25, -0.2) is 9.78 Å². The van der Waals surface area contributed by atoms with Gasteiger partial charge in [0.1, 0.15) is 17.0 Å².